The molecule has 1 amide bonds. The molecule has 0 saturated carbocycles. The monoisotopic (exact) mass is 434 g/mol. The molecule has 7 nitrogen and oxygen atoms in total. The summed E-state index contributed by atoms with van der Waals surface area (Å²) in [5.41, 5.74) is 3.27. The van der Waals surface area contributed by atoms with Crippen LogP contribution in [0.25, 0.3) is 11.4 Å². The summed E-state index contributed by atoms with van der Waals surface area (Å²) < 4.78 is 10.7. The summed E-state index contributed by atoms with van der Waals surface area (Å²) in [7, 11) is 1.66. The molecule has 1 aromatic heterocycles. The van der Waals surface area contributed by atoms with E-state index in [-0.39, 0.29) is 5.91 Å². The van der Waals surface area contributed by atoms with Crippen LogP contribution in [0.5, 0.6) is 5.75 Å². The number of nitrogens with zero attached hydrogens (tertiary/aromatic N) is 4. The van der Waals surface area contributed by atoms with Crippen molar-refractivity contribution < 1.29 is 14.1 Å². The topological polar surface area (TPSA) is 71.7 Å². The normalized spacial score (nSPS) is 14.9. The van der Waals surface area contributed by atoms with E-state index >= 15 is 0 Å². The highest BCUT2D eigenvalue weighted by atomic mass is 16.5. The van der Waals surface area contributed by atoms with Gasteiger partial charge in [0.1, 0.15) is 5.75 Å². The van der Waals surface area contributed by atoms with Crippen molar-refractivity contribution in [1.82, 2.24) is 19.9 Å². The number of carbonyl (C=O) groups is 1. The molecule has 1 fully saturated rings. The Bertz CT molecular complexity index is 1030. The van der Waals surface area contributed by atoms with E-state index in [1.54, 1.807) is 7.11 Å². The van der Waals surface area contributed by atoms with Gasteiger partial charge in [-0.1, -0.05) is 41.6 Å². The zero-order valence-electron chi connectivity index (χ0n) is 18.8. The molecule has 0 N–H and O–H groups in total. The highest BCUT2D eigenvalue weighted by molar-refractivity contribution is 5.76. The van der Waals surface area contributed by atoms with Gasteiger partial charge in [0, 0.05) is 38.2 Å². The van der Waals surface area contributed by atoms with Crippen molar-refractivity contribution in [3.63, 3.8) is 0 Å². The van der Waals surface area contributed by atoms with Crippen LogP contribution in [0, 0.1) is 6.92 Å². The van der Waals surface area contributed by atoms with Crippen LogP contribution in [0.1, 0.15) is 29.9 Å². The summed E-state index contributed by atoms with van der Waals surface area (Å²) in [6.07, 6.45) is 2.20. The Morgan fingerprint density at radius 1 is 1.06 bits per heavy atom. The maximum atomic E-state index is 12.7. The maximum Gasteiger partial charge on any atom is 0.241 e. The third kappa shape index (κ3) is 5.53. The first-order valence-corrected chi connectivity index (χ1v) is 11.1. The van der Waals surface area contributed by atoms with Crippen LogP contribution in [0.15, 0.2) is 53.1 Å². The van der Waals surface area contributed by atoms with E-state index in [0.29, 0.717) is 24.7 Å². The molecule has 2 aromatic carbocycles. The number of aromatic nitrogens is 2. The molecular formula is C25H30N4O3. The Morgan fingerprint density at radius 2 is 1.88 bits per heavy atom. The van der Waals surface area contributed by atoms with Gasteiger partial charge in [0.15, 0.2) is 0 Å². The van der Waals surface area contributed by atoms with E-state index in [0.717, 1.165) is 61.5 Å². The fourth-order valence-electron chi connectivity index (χ4n) is 4.02. The largest absolute Gasteiger partial charge is 0.497 e. The van der Waals surface area contributed by atoms with E-state index in [2.05, 4.69) is 15.0 Å². The van der Waals surface area contributed by atoms with Gasteiger partial charge in [-0.25, -0.2) is 0 Å². The molecule has 1 aliphatic heterocycles. The van der Waals surface area contributed by atoms with E-state index in [1.165, 1.54) is 0 Å². The molecule has 0 spiro atoms. The van der Waals surface area contributed by atoms with Crippen LogP contribution >= 0.6 is 0 Å². The molecule has 0 bridgehead atoms. The van der Waals surface area contributed by atoms with Crippen LogP contribution in [-0.2, 0) is 17.8 Å². The zero-order chi connectivity index (χ0) is 22.3. The van der Waals surface area contributed by atoms with E-state index < -0.39 is 0 Å². The van der Waals surface area contributed by atoms with E-state index in [4.69, 9.17) is 9.26 Å². The number of ether oxygens (including phenoxy) is 1. The lowest BCUT2D eigenvalue weighted by atomic mass is 10.1. The van der Waals surface area contributed by atoms with E-state index in [1.807, 2.05) is 60.4 Å². The number of methoxy groups -OCH3 is 1. The van der Waals surface area contributed by atoms with Crippen molar-refractivity contribution in [3.8, 4) is 17.1 Å². The summed E-state index contributed by atoms with van der Waals surface area (Å²) in [6.45, 7) is 5.87. The van der Waals surface area contributed by atoms with Crippen LogP contribution < -0.4 is 4.74 Å². The van der Waals surface area contributed by atoms with Crippen molar-refractivity contribution in [2.75, 3.05) is 33.3 Å². The van der Waals surface area contributed by atoms with Crippen LogP contribution in [0.3, 0.4) is 0 Å². The first-order valence-electron chi connectivity index (χ1n) is 11.1. The molecule has 1 saturated heterocycles. The smallest absolute Gasteiger partial charge is 0.241 e. The predicted octanol–water partition coefficient (Wildman–Crippen LogP) is 3.72. The van der Waals surface area contributed by atoms with Crippen molar-refractivity contribution in [3.05, 3.63) is 65.5 Å². The molecule has 1 aliphatic rings. The zero-order valence-corrected chi connectivity index (χ0v) is 18.8. The number of carbonyl (C=O) groups excluding carboxylic acids is 1. The summed E-state index contributed by atoms with van der Waals surface area (Å²) in [6, 6.07) is 15.9. The Labute approximate surface area is 189 Å². The first-order chi connectivity index (χ1) is 15.6. The van der Waals surface area contributed by atoms with Gasteiger partial charge < -0.3 is 14.2 Å². The highest BCUT2D eigenvalue weighted by Crippen LogP contribution is 2.20. The first kappa shape index (κ1) is 22.0. The Morgan fingerprint density at radius 3 is 2.66 bits per heavy atom. The minimum atomic E-state index is 0.210. The van der Waals surface area contributed by atoms with Crippen LogP contribution in [0.4, 0.5) is 0 Å². The lowest BCUT2D eigenvalue weighted by molar-refractivity contribution is -0.131. The molecule has 0 unspecified atom stereocenters. The molecular weight excluding hydrogens is 404 g/mol. The van der Waals surface area contributed by atoms with Gasteiger partial charge in [0.05, 0.1) is 13.7 Å². The second kappa shape index (κ2) is 10.4. The number of amides is 1. The SMILES string of the molecule is COc1ccc(CCC(=O)N2CCCN(Cc3nc(-c4ccccc4C)no3)CC2)cc1. The lowest BCUT2D eigenvalue weighted by Gasteiger charge is -2.21. The number of hydrogen-bond acceptors (Lipinski definition) is 6. The van der Waals surface area contributed by atoms with Crippen LogP contribution in [-0.4, -0.2) is 59.1 Å². The molecule has 0 radical (unpaired) electrons. The average molecular weight is 435 g/mol. The van der Waals surface area contributed by atoms with Gasteiger partial charge in [0.2, 0.25) is 17.6 Å². The van der Waals surface area contributed by atoms with Gasteiger partial charge >= 0.3 is 0 Å². The Kier molecular flexibility index (Phi) is 7.17. The van der Waals surface area contributed by atoms with Gasteiger partial charge in [-0.2, -0.15) is 4.98 Å². The lowest BCUT2D eigenvalue weighted by Crippen LogP contribution is -2.35. The summed E-state index contributed by atoms with van der Waals surface area (Å²) >= 11 is 0. The predicted molar refractivity (Wildman–Crippen MR) is 122 cm³/mol. The van der Waals surface area contributed by atoms with Crippen molar-refractivity contribution in [1.29, 1.82) is 0 Å². The maximum absolute atomic E-state index is 12.7. The molecule has 4 rings (SSSR count). The third-order valence-electron chi connectivity index (χ3n) is 5.94. The van der Waals surface area contributed by atoms with Gasteiger partial charge in [-0.15, -0.1) is 0 Å². The number of hydrogen-bond donors (Lipinski definition) is 0. The third-order valence-corrected chi connectivity index (χ3v) is 5.94. The van der Waals surface area contributed by atoms with Crippen molar-refractivity contribution in [2.45, 2.75) is 32.7 Å². The fourth-order valence-corrected chi connectivity index (χ4v) is 4.02. The van der Waals surface area contributed by atoms with E-state index in [9.17, 15) is 4.79 Å². The second-order valence-electron chi connectivity index (χ2n) is 8.19. The number of benzene rings is 2. The minimum absolute atomic E-state index is 0.210. The molecule has 7 heteroatoms. The van der Waals surface area contributed by atoms with Gasteiger partial charge in [-0.3, -0.25) is 9.69 Å². The van der Waals surface area contributed by atoms with Crippen molar-refractivity contribution >= 4 is 5.91 Å². The minimum Gasteiger partial charge on any atom is -0.497 e. The van der Waals surface area contributed by atoms with Crippen LogP contribution in [0.2, 0.25) is 0 Å². The Hall–Kier alpha value is -3.19. The molecule has 3 aromatic rings. The standard InChI is InChI=1S/C25H30N4O3/c1-19-6-3-4-7-22(19)25-26-23(32-27-25)18-28-14-5-15-29(17-16-28)24(30)13-10-20-8-11-21(31-2)12-9-20/h3-4,6-9,11-12H,5,10,13-18H2,1-2H3. The second-order valence-corrected chi connectivity index (χ2v) is 8.19. The quantitative estimate of drug-likeness (QED) is 0.564. The fraction of sp³-hybridized carbons (Fsp3) is 0.400. The molecule has 2 heterocycles. The van der Waals surface area contributed by atoms with Gasteiger partial charge in [-0.05, 0) is 43.0 Å². The number of aryl methyl sites for hydroxylation is 2. The Balaban J connectivity index is 1.27. The van der Waals surface area contributed by atoms with Gasteiger partial charge in [0.25, 0.3) is 0 Å². The molecule has 0 atom stereocenters. The summed E-state index contributed by atoms with van der Waals surface area (Å²) in [5, 5.41) is 4.16. The number of rotatable bonds is 7. The average Bonchev–Trinajstić information content (AvgIpc) is 3.15. The summed E-state index contributed by atoms with van der Waals surface area (Å²) in [4.78, 5) is 21.6. The molecule has 0 aliphatic carbocycles. The summed E-state index contributed by atoms with van der Waals surface area (Å²) in [5.74, 6) is 2.29. The molecule has 168 valence electrons. The highest BCUT2D eigenvalue weighted by Gasteiger charge is 2.21. The molecule has 32 heavy (non-hydrogen) atoms. The van der Waals surface area contributed by atoms with Crippen molar-refractivity contribution in [2.24, 2.45) is 0 Å².